The van der Waals surface area contributed by atoms with Crippen molar-refractivity contribution < 1.29 is 0 Å². The van der Waals surface area contributed by atoms with Gasteiger partial charge in [-0.2, -0.15) is 0 Å². The van der Waals surface area contributed by atoms with Gasteiger partial charge in [0.15, 0.2) is 0 Å². The molecule has 0 amide bonds. The number of nitrogens with one attached hydrogen (secondary N) is 1. The zero-order valence-electron chi connectivity index (χ0n) is 11.3. The van der Waals surface area contributed by atoms with E-state index in [1.165, 1.54) is 48.6 Å². The van der Waals surface area contributed by atoms with Gasteiger partial charge in [-0.05, 0) is 18.1 Å². The van der Waals surface area contributed by atoms with Crippen molar-refractivity contribution >= 4 is 10.9 Å². The number of rotatable bonds is 7. The quantitative estimate of drug-likeness (QED) is 0.690. The van der Waals surface area contributed by atoms with Crippen LogP contribution in [-0.4, -0.2) is 4.98 Å². The Kier molecular flexibility index (Phi) is 4.82. The standard InChI is InChI=1S/C16H24N2/c1-2-3-4-5-6-10-15(17)14-12-18-16-11-8-7-9-13(14)16/h7-9,11-12,15,18H,2-6,10,17H2,1H3. The van der Waals surface area contributed by atoms with Crippen molar-refractivity contribution in [3.8, 4) is 0 Å². The monoisotopic (exact) mass is 244 g/mol. The van der Waals surface area contributed by atoms with E-state index in [9.17, 15) is 0 Å². The number of H-pyrrole nitrogens is 1. The van der Waals surface area contributed by atoms with Crippen molar-refractivity contribution in [3.05, 3.63) is 36.0 Å². The van der Waals surface area contributed by atoms with Gasteiger partial charge in [0.1, 0.15) is 0 Å². The van der Waals surface area contributed by atoms with E-state index in [0.29, 0.717) is 0 Å². The van der Waals surface area contributed by atoms with E-state index < -0.39 is 0 Å². The molecule has 0 aliphatic carbocycles. The van der Waals surface area contributed by atoms with Crippen LogP contribution in [0.4, 0.5) is 0 Å². The zero-order valence-corrected chi connectivity index (χ0v) is 11.3. The Hall–Kier alpha value is -1.28. The van der Waals surface area contributed by atoms with Crippen LogP contribution in [0.1, 0.15) is 57.1 Å². The lowest BCUT2D eigenvalue weighted by Crippen LogP contribution is -2.09. The average molecular weight is 244 g/mol. The minimum Gasteiger partial charge on any atom is -0.361 e. The maximum Gasteiger partial charge on any atom is 0.0457 e. The van der Waals surface area contributed by atoms with Gasteiger partial charge in [-0.3, -0.25) is 0 Å². The molecule has 0 aliphatic rings. The molecule has 0 spiro atoms. The topological polar surface area (TPSA) is 41.8 Å². The van der Waals surface area contributed by atoms with Crippen LogP contribution in [0.2, 0.25) is 0 Å². The van der Waals surface area contributed by atoms with Gasteiger partial charge in [-0.1, -0.05) is 57.2 Å². The van der Waals surface area contributed by atoms with Crippen molar-refractivity contribution in [1.29, 1.82) is 0 Å². The molecule has 3 N–H and O–H groups in total. The number of aromatic amines is 1. The molecule has 0 saturated heterocycles. The van der Waals surface area contributed by atoms with Crippen LogP contribution in [0.3, 0.4) is 0 Å². The fourth-order valence-electron chi connectivity index (χ4n) is 2.52. The van der Waals surface area contributed by atoms with Gasteiger partial charge in [0.2, 0.25) is 0 Å². The predicted molar refractivity (Wildman–Crippen MR) is 78.6 cm³/mol. The zero-order chi connectivity index (χ0) is 12.8. The van der Waals surface area contributed by atoms with Gasteiger partial charge < -0.3 is 10.7 Å². The fraction of sp³-hybridized carbons (Fsp3) is 0.500. The first-order valence-electron chi connectivity index (χ1n) is 7.14. The number of hydrogen-bond acceptors (Lipinski definition) is 1. The van der Waals surface area contributed by atoms with Gasteiger partial charge in [-0.25, -0.2) is 0 Å². The molecule has 1 heterocycles. The molecular formula is C16H24N2. The van der Waals surface area contributed by atoms with Crippen LogP contribution in [0.25, 0.3) is 10.9 Å². The number of hydrogen-bond donors (Lipinski definition) is 2. The van der Waals surface area contributed by atoms with Crippen molar-refractivity contribution in [3.63, 3.8) is 0 Å². The van der Waals surface area contributed by atoms with E-state index in [4.69, 9.17) is 5.73 Å². The highest BCUT2D eigenvalue weighted by Gasteiger charge is 2.10. The van der Waals surface area contributed by atoms with Gasteiger partial charge >= 0.3 is 0 Å². The Labute approximate surface area is 110 Å². The lowest BCUT2D eigenvalue weighted by Gasteiger charge is -2.10. The van der Waals surface area contributed by atoms with Gasteiger partial charge in [0.05, 0.1) is 0 Å². The van der Waals surface area contributed by atoms with E-state index in [1.54, 1.807) is 0 Å². The number of aromatic nitrogens is 1. The lowest BCUT2D eigenvalue weighted by atomic mass is 10.00. The third-order valence-corrected chi connectivity index (χ3v) is 3.64. The predicted octanol–water partition coefficient (Wildman–Crippen LogP) is 4.53. The molecule has 0 radical (unpaired) electrons. The number of unbranched alkanes of at least 4 members (excludes halogenated alkanes) is 4. The Morgan fingerprint density at radius 1 is 1.11 bits per heavy atom. The molecule has 1 atom stereocenters. The first-order valence-corrected chi connectivity index (χ1v) is 7.14. The summed E-state index contributed by atoms with van der Waals surface area (Å²) in [4.78, 5) is 3.30. The molecule has 0 fully saturated rings. The number of para-hydroxylation sites is 1. The van der Waals surface area contributed by atoms with Crippen LogP contribution >= 0.6 is 0 Å². The Morgan fingerprint density at radius 2 is 1.89 bits per heavy atom. The third-order valence-electron chi connectivity index (χ3n) is 3.64. The molecule has 2 nitrogen and oxygen atoms in total. The van der Waals surface area contributed by atoms with Crippen molar-refractivity contribution in [2.45, 2.75) is 51.5 Å². The summed E-state index contributed by atoms with van der Waals surface area (Å²) in [6.45, 7) is 2.25. The first-order chi connectivity index (χ1) is 8.83. The van der Waals surface area contributed by atoms with E-state index in [2.05, 4.69) is 42.4 Å². The fourth-order valence-corrected chi connectivity index (χ4v) is 2.52. The summed E-state index contributed by atoms with van der Waals surface area (Å²) in [5.41, 5.74) is 8.75. The summed E-state index contributed by atoms with van der Waals surface area (Å²) in [7, 11) is 0. The molecule has 98 valence electrons. The third kappa shape index (κ3) is 3.14. The van der Waals surface area contributed by atoms with Crippen LogP contribution < -0.4 is 5.73 Å². The second-order valence-corrected chi connectivity index (χ2v) is 5.10. The van der Waals surface area contributed by atoms with Crippen molar-refractivity contribution in [1.82, 2.24) is 4.98 Å². The highest BCUT2D eigenvalue weighted by molar-refractivity contribution is 5.83. The number of nitrogens with two attached hydrogens (primary N) is 1. The van der Waals surface area contributed by atoms with E-state index in [1.807, 2.05) is 0 Å². The molecule has 0 aliphatic heterocycles. The number of fused-ring (bicyclic) bond motifs is 1. The Morgan fingerprint density at radius 3 is 2.72 bits per heavy atom. The maximum absolute atomic E-state index is 6.30. The highest BCUT2D eigenvalue weighted by Crippen LogP contribution is 2.25. The number of benzene rings is 1. The molecule has 1 aromatic heterocycles. The summed E-state index contributed by atoms with van der Waals surface area (Å²) in [6, 6.07) is 8.56. The maximum atomic E-state index is 6.30. The lowest BCUT2D eigenvalue weighted by molar-refractivity contribution is 0.557. The Bertz CT molecular complexity index is 473. The largest absolute Gasteiger partial charge is 0.361 e. The molecule has 2 rings (SSSR count). The van der Waals surface area contributed by atoms with Crippen molar-refractivity contribution in [2.24, 2.45) is 5.73 Å². The molecule has 2 heteroatoms. The Balaban J connectivity index is 1.90. The molecule has 18 heavy (non-hydrogen) atoms. The summed E-state index contributed by atoms with van der Waals surface area (Å²) >= 11 is 0. The average Bonchev–Trinajstić information content (AvgIpc) is 2.82. The molecule has 2 aromatic rings. The van der Waals surface area contributed by atoms with Crippen molar-refractivity contribution in [2.75, 3.05) is 0 Å². The molecular weight excluding hydrogens is 220 g/mol. The second kappa shape index (κ2) is 6.60. The van der Waals surface area contributed by atoms with Crippen LogP contribution in [0, 0.1) is 0 Å². The van der Waals surface area contributed by atoms with E-state index >= 15 is 0 Å². The highest BCUT2D eigenvalue weighted by atomic mass is 14.7. The summed E-state index contributed by atoms with van der Waals surface area (Å²) in [6.07, 6.45) is 9.70. The first kappa shape index (κ1) is 13.2. The molecule has 0 saturated carbocycles. The van der Waals surface area contributed by atoms with Gasteiger partial charge in [0.25, 0.3) is 0 Å². The minimum absolute atomic E-state index is 0.169. The van der Waals surface area contributed by atoms with Gasteiger partial charge in [-0.15, -0.1) is 0 Å². The minimum atomic E-state index is 0.169. The summed E-state index contributed by atoms with van der Waals surface area (Å²) < 4.78 is 0. The normalized spacial score (nSPS) is 13.0. The van der Waals surface area contributed by atoms with E-state index in [-0.39, 0.29) is 6.04 Å². The van der Waals surface area contributed by atoms with Crippen LogP contribution in [0.5, 0.6) is 0 Å². The summed E-state index contributed by atoms with van der Waals surface area (Å²) in [5.74, 6) is 0. The van der Waals surface area contributed by atoms with Gasteiger partial charge in [0, 0.05) is 23.1 Å². The summed E-state index contributed by atoms with van der Waals surface area (Å²) in [5, 5.41) is 1.28. The molecule has 1 unspecified atom stereocenters. The smallest absolute Gasteiger partial charge is 0.0457 e. The SMILES string of the molecule is CCCCCCCC(N)c1c[nH]c2ccccc12. The van der Waals surface area contributed by atoms with E-state index in [0.717, 1.165) is 6.42 Å². The van der Waals surface area contributed by atoms with Crippen LogP contribution in [-0.2, 0) is 0 Å². The van der Waals surface area contributed by atoms with Crippen LogP contribution in [0.15, 0.2) is 30.5 Å². The second-order valence-electron chi connectivity index (χ2n) is 5.10. The molecule has 1 aromatic carbocycles. The molecule has 0 bridgehead atoms.